The summed E-state index contributed by atoms with van der Waals surface area (Å²) >= 11 is 3.10. The first kappa shape index (κ1) is 14.0. The van der Waals surface area contributed by atoms with E-state index in [1.807, 2.05) is 30.5 Å². The van der Waals surface area contributed by atoms with Gasteiger partial charge < -0.3 is 9.30 Å². The Balaban J connectivity index is 2.40. The van der Waals surface area contributed by atoms with E-state index in [1.54, 1.807) is 12.1 Å². The van der Waals surface area contributed by atoms with Crippen LogP contribution >= 0.6 is 15.9 Å². The number of nitrogens with zero attached hydrogens (tertiary/aromatic N) is 1. The van der Waals surface area contributed by atoms with Gasteiger partial charge in [-0.1, -0.05) is 0 Å². The number of hydrogen-bond acceptors (Lipinski definition) is 1. The topological polar surface area (TPSA) is 14.2 Å². The maximum atomic E-state index is 12.2. The van der Waals surface area contributed by atoms with Crippen LogP contribution in [0.15, 0.2) is 34.8 Å². The number of rotatable bonds is 2. The van der Waals surface area contributed by atoms with Gasteiger partial charge in [0.1, 0.15) is 5.75 Å². The van der Waals surface area contributed by atoms with Crippen LogP contribution in [0.5, 0.6) is 5.75 Å². The molecule has 0 radical (unpaired) electrons. The molecular formula is C13H11BrF3NO. The van der Waals surface area contributed by atoms with Gasteiger partial charge in [-0.05, 0) is 60.1 Å². The third-order valence-corrected chi connectivity index (χ3v) is 3.29. The molecule has 0 aliphatic carbocycles. The van der Waals surface area contributed by atoms with Crippen LogP contribution in [-0.2, 0) is 0 Å². The molecular weight excluding hydrogens is 323 g/mol. The lowest BCUT2D eigenvalue weighted by Gasteiger charge is -2.14. The van der Waals surface area contributed by atoms with E-state index in [0.29, 0.717) is 0 Å². The second kappa shape index (κ2) is 4.92. The van der Waals surface area contributed by atoms with Crippen molar-refractivity contribution in [3.8, 4) is 11.4 Å². The summed E-state index contributed by atoms with van der Waals surface area (Å²) in [6.07, 6.45) is -4.69. The normalized spacial score (nSPS) is 11.7. The van der Waals surface area contributed by atoms with Crippen molar-refractivity contribution in [1.82, 2.24) is 4.57 Å². The van der Waals surface area contributed by atoms with Crippen LogP contribution in [0.4, 0.5) is 13.2 Å². The van der Waals surface area contributed by atoms with E-state index >= 15 is 0 Å². The third-order valence-electron chi connectivity index (χ3n) is 2.67. The lowest BCUT2D eigenvalue weighted by Crippen LogP contribution is -2.17. The summed E-state index contributed by atoms with van der Waals surface area (Å²) < 4.78 is 42.6. The molecule has 0 spiro atoms. The smallest absolute Gasteiger partial charge is 0.405 e. The van der Waals surface area contributed by atoms with Crippen molar-refractivity contribution < 1.29 is 17.9 Å². The summed E-state index contributed by atoms with van der Waals surface area (Å²) in [4.78, 5) is 0. The maximum Gasteiger partial charge on any atom is 0.573 e. The first-order valence-corrected chi connectivity index (χ1v) is 6.28. The Morgan fingerprint density at radius 1 is 1.05 bits per heavy atom. The molecule has 2 aromatic rings. The Bertz CT molecular complexity index is 585. The third kappa shape index (κ3) is 3.12. The van der Waals surface area contributed by atoms with Crippen LogP contribution in [0.2, 0.25) is 0 Å². The average molecular weight is 334 g/mol. The first-order valence-electron chi connectivity index (χ1n) is 5.48. The van der Waals surface area contributed by atoms with Gasteiger partial charge in [-0.15, -0.1) is 13.2 Å². The van der Waals surface area contributed by atoms with Gasteiger partial charge >= 0.3 is 6.36 Å². The van der Waals surface area contributed by atoms with Crippen LogP contribution in [0, 0.1) is 13.8 Å². The number of hydrogen-bond donors (Lipinski definition) is 0. The molecule has 0 bridgehead atoms. The standard InChI is InChI=1S/C13H11BrF3NO/c1-8-3-4-9(2)18(8)10-5-6-12(11(14)7-10)19-13(15,16)17/h3-7H,1-2H3. The Kier molecular flexibility index (Phi) is 3.62. The number of halogens is 4. The zero-order valence-corrected chi connectivity index (χ0v) is 11.8. The SMILES string of the molecule is Cc1ccc(C)n1-c1ccc(OC(F)(F)F)c(Br)c1. The van der Waals surface area contributed by atoms with Crippen molar-refractivity contribution in [2.45, 2.75) is 20.2 Å². The van der Waals surface area contributed by atoms with Crippen LogP contribution in [0.1, 0.15) is 11.4 Å². The molecule has 0 aliphatic heterocycles. The highest BCUT2D eigenvalue weighted by Crippen LogP contribution is 2.32. The predicted octanol–water partition coefficient (Wildman–Crippen LogP) is 4.76. The quantitative estimate of drug-likeness (QED) is 0.773. The molecule has 2 rings (SSSR count). The molecule has 102 valence electrons. The van der Waals surface area contributed by atoms with E-state index in [-0.39, 0.29) is 10.2 Å². The van der Waals surface area contributed by atoms with E-state index < -0.39 is 6.36 Å². The number of ether oxygens (including phenoxy) is 1. The van der Waals surface area contributed by atoms with Gasteiger partial charge in [0.2, 0.25) is 0 Å². The van der Waals surface area contributed by atoms with Gasteiger partial charge in [-0.2, -0.15) is 0 Å². The molecule has 1 heterocycles. The molecule has 1 aromatic heterocycles. The number of alkyl halides is 3. The van der Waals surface area contributed by atoms with Gasteiger partial charge in [0.25, 0.3) is 0 Å². The van der Waals surface area contributed by atoms with Crippen molar-refractivity contribution in [3.63, 3.8) is 0 Å². The second-order valence-electron chi connectivity index (χ2n) is 4.11. The molecule has 0 saturated heterocycles. The fraction of sp³-hybridized carbons (Fsp3) is 0.231. The van der Waals surface area contributed by atoms with Crippen molar-refractivity contribution in [2.24, 2.45) is 0 Å². The summed E-state index contributed by atoms with van der Waals surface area (Å²) in [5, 5.41) is 0. The molecule has 0 fully saturated rings. The van der Waals surface area contributed by atoms with Crippen LogP contribution in [-0.4, -0.2) is 10.9 Å². The Hall–Kier alpha value is -1.43. The summed E-state index contributed by atoms with van der Waals surface area (Å²) in [6.45, 7) is 3.86. The van der Waals surface area contributed by atoms with E-state index in [9.17, 15) is 13.2 Å². The monoisotopic (exact) mass is 333 g/mol. The highest BCUT2D eigenvalue weighted by molar-refractivity contribution is 9.10. The van der Waals surface area contributed by atoms with Crippen molar-refractivity contribution in [1.29, 1.82) is 0 Å². The summed E-state index contributed by atoms with van der Waals surface area (Å²) in [6, 6.07) is 8.38. The summed E-state index contributed by atoms with van der Waals surface area (Å²) in [7, 11) is 0. The van der Waals surface area contributed by atoms with Crippen LogP contribution < -0.4 is 4.74 Å². The van der Waals surface area contributed by atoms with Gasteiger partial charge in [0, 0.05) is 17.1 Å². The fourth-order valence-electron chi connectivity index (χ4n) is 1.91. The molecule has 6 heteroatoms. The highest BCUT2D eigenvalue weighted by atomic mass is 79.9. The lowest BCUT2D eigenvalue weighted by molar-refractivity contribution is -0.274. The summed E-state index contributed by atoms with van der Waals surface area (Å²) in [5.41, 5.74) is 2.80. The largest absolute Gasteiger partial charge is 0.573 e. The van der Waals surface area contributed by atoms with Gasteiger partial charge in [0.05, 0.1) is 4.47 Å². The Morgan fingerprint density at radius 2 is 1.63 bits per heavy atom. The minimum Gasteiger partial charge on any atom is -0.405 e. The van der Waals surface area contributed by atoms with Crippen LogP contribution in [0.3, 0.4) is 0 Å². The molecule has 0 N–H and O–H groups in total. The predicted molar refractivity (Wildman–Crippen MR) is 69.6 cm³/mol. The van der Waals surface area contributed by atoms with E-state index in [4.69, 9.17) is 0 Å². The second-order valence-corrected chi connectivity index (χ2v) is 4.97. The number of aromatic nitrogens is 1. The van der Waals surface area contributed by atoms with Crippen molar-refractivity contribution in [2.75, 3.05) is 0 Å². The molecule has 0 amide bonds. The highest BCUT2D eigenvalue weighted by Gasteiger charge is 2.32. The molecule has 2 nitrogen and oxygen atoms in total. The first-order chi connectivity index (χ1) is 8.78. The lowest BCUT2D eigenvalue weighted by atomic mass is 10.3. The van der Waals surface area contributed by atoms with Gasteiger partial charge in [-0.3, -0.25) is 0 Å². The zero-order valence-electron chi connectivity index (χ0n) is 10.3. The van der Waals surface area contributed by atoms with E-state index in [0.717, 1.165) is 17.1 Å². The van der Waals surface area contributed by atoms with Crippen molar-refractivity contribution in [3.05, 3.63) is 46.2 Å². The Labute approximate surface area is 116 Å². The zero-order chi connectivity index (χ0) is 14.2. The van der Waals surface area contributed by atoms with Gasteiger partial charge in [0.15, 0.2) is 0 Å². The molecule has 0 unspecified atom stereocenters. The van der Waals surface area contributed by atoms with E-state index in [2.05, 4.69) is 20.7 Å². The summed E-state index contributed by atoms with van der Waals surface area (Å²) in [5.74, 6) is -0.251. The molecule has 0 atom stereocenters. The minimum atomic E-state index is -4.69. The fourth-order valence-corrected chi connectivity index (χ4v) is 2.36. The maximum absolute atomic E-state index is 12.2. The average Bonchev–Trinajstić information content (AvgIpc) is 2.60. The number of aryl methyl sites for hydroxylation is 2. The number of benzene rings is 1. The van der Waals surface area contributed by atoms with Crippen molar-refractivity contribution >= 4 is 15.9 Å². The minimum absolute atomic E-state index is 0.251. The molecule has 1 aromatic carbocycles. The van der Waals surface area contributed by atoms with Gasteiger partial charge in [-0.25, -0.2) is 0 Å². The van der Waals surface area contributed by atoms with Crippen LogP contribution in [0.25, 0.3) is 5.69 Å². The molecule has 19 heavy (non-hydrogen) atoms. The molecule has 0 aliphatic rings. The van der Waals surface area contributed by atoms with E-state index in [1.165, 1.54) is 6.07 Å². The molecule has 0 saturated carbocycles. The Morgan fingerprint density at radius 3 is 2.11 bits per heavy atom.